The maximum atomic E-state index is 12.8. The van der Waals surface area contributed by atoms with Gasteiger partial charge < -0.3 is 4.90 Å². The monoisotopic (exact) mass is 317 g/mol. The standard InChI is InChI=1S/C17H27N5O/c1-2-22(15-7-4-3-5-8-15)17(23)12-20-10-6-9-16(20)11-21-14-18-13-19-21/h7,13-14,16H,2-6,8-12H2,1H3/t16-/m1/s1. The van der Waals surface area contributed by atoms with Crippen LogP contribution in [0, 0.1) is 0 Å². The Balaban J connectivity index is 1.60. The summed E-state index contributed by atoms with van der Waals surface area (Å²) in [5.74, 6) is 0.242. The third-order valence-corrected chi connectivity index (χ3v) is 4.93. The van der Waals surface area contributed by atoms with Crippen molar-refractivity contribution in [3.05, 3.63) is 24.4 Å². The van der Waals surface area contributed by atoms with Gasteiger partial charge in [0.15, 0.2) is 0 Å². The first-order valence-corrected chi connectivity index (χ1v) is 8.83. The van der Waals surface area contributed by atoms with Gasteiger partial charge in [-0.1, -0.05) is 6.08 Å². The molecule has 1 atom stereocenters. The van der Waals surface area contributed by atoms with Gasteiger partial charge in [-0.3, -0.25) is 14.4 Å². The molecule has 1 aromatic heterocycles. The molecule has 2 aliphatic rings. The fourth-order valence-corrected chi connectivity index (χ4v) is 3.72. The largest absolute Gasteiger partial charge is 0.316 e. The van der Waals surface area contributed by atoms with E-state index in [0.717, 1.165) is 45.3 Å². The van der Waals surface area contributed by atoms with Gasteiger partial charge in [0, 0.05) is 18.3 Å². The molecule has 6 heteroatoms. The number of carbonyl (C=O) groups is 1. The summed E-state index contributed by atoms with van der Waals surface area (Å²) in [7, 11) is 0. The molecule has 0 unspecified atom stereocenters. The molecular weight excluding hydrogens is 290 g/mol. The number of aromatic nitrogens is 3. The fourth-order valence-electron chi connectivity index (χ4n) is 3.72. The number of amides is 1. The van der Waals surface area contributed by atoms with Crippen molar-refractivity contribution in [2.45, 2.75) is 58.0 Å². The second-order valence-corrected chi connectivity index (χ2v) is 6.46. The molecule has 1 aliphatic heterocycles. The summed E-state index contributed by atoms with van der Waals surface area (Å²) < 4.78 is 1.87. The molecule has 0 aromatic carbocycles. The predicted molar refractivity (Wildman–Crippen MR) is 88.6 cm³/mol. The van der Waals surface area contributed by atoms with Gasteiger partial charge in [-0.05, 0) is 52.0 Å². The lowest BCUT2D eigenvalue weighted by atomic mass is 10.0. The Hall–Kier alpha value is -1.69. The summed E-state index contributed by atoms with van der Waals surface area (Å²) >= 11 is 0. The quantitative estimate of drug-likeness (QED) is 0.806. The van der Waals surface area contributed by atoms with Crippen LogP contribution in [0.4, 0.5) is 0 Å². The Labute approximate surface area is 138 Å². The van der Waals surface area contributed by atoms with Crippen LogP contribution in [0.2, 0.25) is 0 Å². The SMILES string of the molecule is CCN(C(=O)CN1CCC[C@@H]1Cn1cncn1)C1=CCCCC1. The normalized spacial score (nSPS) is 22.1. The van der Waals surface area contributed by atoms with Crippen molar-refractivity contribution in [3.63, 3.8) is 0 Å². The Morgan fingerprint density at radius 3 is 3.00 bits per heavy atom. The van der Waals surface area contributed by atoms with Crippen LogP contribution in [0.1, 0.15) is 45.4 Å². The zero-order chi connectivity index (χ0) is 16.1. The first kappa shape index (κ1) is 16.2. The molecular formula is C17H27N5O. The van der Waals surface area contributed by atoms with Gasteiger partial charge in [-0.25, -0.2) is 4.98 Å². The second kappa shape index (κ2) is 7.73. The molecule has 0 spiro atoms. The van der Waals surface area contributed by atoms with Crippen molar-refractivity contribution in [2.75, 3.05) is 19.6 Å². The van der Waals surface area contributed by atoms with Crippen molar-refractivity contribution in [1.29, 1.82) is 0 Å². The van der Waals surface area contributed by atoms with Crippen molar-refractivity contribution >= 4 is 5.91 Å². The number of rotatable bonds is 6. The average Bonchev–Trinajstić information content (AvgIpc) is 3.22. The van der Waals surface area contributed by atoms with Gasteiger partial charge in [-0.2, -0.15) is 5.10 Å². The highest BCUT2D eigenvalue weighted by Crippen LogP contribution is 2.23. The van der Waals surface area contributed by atoms with Crippen LogP contribution < -0.4 is 0 Å². The minimum Gasteiger partial charge on any atom is -0.316 e. The molecule has 3 rings (SSSR count). The number of hydrogen-bond donors (Lipinski definition) is 0. The molecule has 1 amide bonds. The molecule has 126 valence electrons. The molecule has 1 aromatic rings. The molecule has 1 saturated heterocycles. The van der Waals surface area contributed by atoms with Gasteiger partial charge >= 0.3 is 0 Å². The fraction of sp³-hybridized carbons (Fsp3) is 0.706. The van der Waals surface area contributed by atoms with Crippen LogP contribution >= 0.6 is 0 Å². The van der Waals surface area contributed by atoms with Crippen LogP contribution in [-0.4, -0.2) is 56.1 Å². The van der Waals surface area contributed by atoms with Crippen molar-refractivity contribution < 1.29 is 4.79 Å². The highest BCUT2D eigenvalue weighted by Gasteiger charge is 2.29. The number of likely N-dealkylation sites (tertiary alicyclic amines) is 1. The van der Waals surface area contributed by atoms with E-state index >= 15 is 0 Å². The van der Waals surface area contributed by atoms with E-state index in [1.807, 2.05) is 9.58 Å². The zero-order valence-corrected chi connectivity index (χ0v) is 14.0. The molecule has 1 aliphatic carbocycles. The number of carbonyl (C=O) groups excluding carboxylic acids is 1. The van der Waals surface area contributed by atoms with Gasteiger partial charge in [0.25, 0.3) is 0 Å². The third-order valence-electron chi connectivity index (χ3n) is 4.93. The molecule has 0 N–H and O–H groups in total. The highest BCUT2D eigenvalue weighted by molar-refractivity contribution is 5.80. The van der Waals surface area contributed by atoms with E-state index < -0.39 is 0 Å². The van der Waals surface area contributed by atoms with E-state index in [2.05, 4.69) is 28.0 Å². The lowest BCUT2D eigenvalue weighted by Crippen LogP contribution is -2.43. The van der Waals surface area contributed by atoms with E-state index in [1.54, 1.807) is 12.7 Å². The summed E-state index contributed by atoms with van der Waals surface area (Å²) in [5.41, 5.74) is 1.23. The Bertz CT molecular complexity index is 539. The minimum atomic E-state index is 0.242. The van der Waals surface area contributed by atoms with Crippen molar-refractivity contribution in [1.82, 2.24) is 24.6 Å². The lowest BCUT2D eigenvalue weighted by Gasteiger charge is -2.30. The maximum Gasteiger partial charge on any atom is 0.240 e. The van der Waals surface area contributed by atoms with Crippen LogP contribution in [0.3, 0.4) is 0 Å². The summed E-state index contributed by atoms with van der Waals surface area (Å²) in [6, 6.07) is 0.389. The topological polar surface area (TPSA) is 54.3 Å². The smallest absolute Gasteiger partial charge is 0.240 e. The van der Waals surface area contributed by atoms with E-state index in [0.29, 0.717) is 12.6 Å². The Morgan fingerprint density at radius 2 is 2.30 bits per heavy atom. The Kier molecular flexibility index (Phi) is 5.43. The number of hydrogen-bond acceptors (Lipinski definition) is 4. The maximum absolute atomic E-state index is 12.8. The first-order valence-electron chi connectivity index (χ1n) is 8.83. The first-order chi connectivity index (χ1) is 11.3. The molecule has 6 nitrogen and oxygen atoms in total. The number of likely N-dealkylation sites (N-methyl/N-ethyl adjacent to an activating group) is 1. The minimum absolute atomic E-state index is 0.242. The summed E-state index contributed by atoms with van der Waals surface area (Å²) in [6.07, 6.45) is 12.5. The second-order valence-electron chi connectivity index (χ2n) is 6.46. The molecule has 0 saturated carbocycles. The van der Waals surface area contributed by atoms with Crippen molar-refractivity contribution in [2.24, 2.45) is 0 Å². The number of allylic oxidation sites excluding steroid dienone is 2. The molecule has 1 fully saturated rings. The van der Waals surface area contributed by atoms with Gasteiger partial charge in [-0.15, -0.1) is 0 Å². The summed E-state index contributed by atoms with van der Waals surface area (Å²) in [5, 5.41) is 4.19. The Morgan fingerprint density at radius 1 is 1.39 bits per heavy atom. The molecule has 23 heavy (non-hydrogen) atoms. The van der Waals surface area contributed by atoms with Crippen LogP contribution in [0.25, 0.3) is 0 Å². The summed E-state index contributed by atoms with van der Waals surface area (Å²) in [6.45, 7) is 5.19. The van der Waals surface area contributed by atoms with Crippen LogP contribution in [-0.2, 0) is 11.3 Å². The van der Waals surface area contributed by atoms with Crippen LogP contribution in [0.5, 0.6) is 0 Å². The number of nitrogens with zero attached hydrogens (tertiary/aromatic N) is 5. The molecule has 0 bridgehead atoms. The van der Waals surface area contributed by atoms with E-state index in [9.17, 15) is 4.79 Å². The van der Waals surface area contributed by atoms with Crippen molar-refractivity contribution in [3.8, 4) is 0 Å². The van der Waals surface area contributed by atoms with Crippen LogP contribution in [0.15, 0.2) is 24.4 Å². The zero-order valence-electron chi connectivity index (χ0n) is 14.0. The summed E-state index contributed by atoms with van der Waals surface area (Å²) in [4.78, 5) is 21.1. The van der Waals surface area contributed by atoms with Gasteiger partial charge in [0.2, 0.25) is 5.91 Å². The highest BCUT2D eigenvalue weighted by atomic mass is 16.2. The molecule has 2 heterocycles. The molecule has 0 radical (unpaired) electrons. The van der Waals surface area contributed by atoms with E-state index in [-0.39, 0.29) is 5.91 Å². The van der Waals surface area contributed by atoms with Gasteiger partial charge in [0.1, 0.15) is 12.7 Å². The lowest BCUT2D eigenvalue weighted by molar-refractivity contribution is -0.130. The third kappa shape index (κ3) is 3.99. The predicted octanol–water partition coefficient (Wildman–Crippen LogP) is 2.05. The average molecular weight is 317 g/mol. The van der Waals surface area contributed by atoms with Gasteiger partial charge in [0.05, 0.1) is 13.1 Å². The van der Waals surface area contributed by atoms with E-state index in [4.69, 9.17) is 0 Å². The van der Waals surface area contributed by atoms with E-state index in [1.165, 1.54) is 18.5 Å².